The zero-order chi connectivity index (χ0) is 56.9. The molecule has 4 aromatic rings. The van der Waals surface area contributed by atoms with Crippen LogP contribution >= 0.6 is 11.6 Å². The molecule has 76 heavy (non-hydrogen) atoms. The second-order valence-corrected chi connectivity index (χ2v) is 32.6. The molecule has 21 heteroatoms. The average Bonchev–Trinajstić information content (AvgIpc) is 3.91. The first-order valence-corrected chi connectivity index (χ1v) is 33.0. The molecule has 416 valence electrons. The van der Waals surface area contributed by atoms with Crippen LogP contribution in [0, 0.1) is 0 Å². The summed E-state index contributed by atoms with van der Waals surface area (Å²) in [5.41, 5.74) is 11.9. The van der Waals surface area contributed by atoms with Gasteiger partial charge in [-0.1, -0.05) is 41.5 Å². The molecule has 0 bridgehead atoms. The molecule has 2 aromatic carbocycles. The number of aromatic nitrogens is 4. The molecular formula is C55H89B2ClN10O6Si2. The molecule has 4 heterocycles. The third-order valence-electron chi connectivity index (χ3n) is 14.3. The van der Waals surface area contributed by atoms with Crippen molar-refractivity contribution in [2.75, 3.05) is 51.7 Å². The van der Waals surface area contributed by atoms with E-state index in [0.29, 0.717) is 46.8 Å². The molecule has 0 spiro atoms. The molecule has 2 aliphatic rings. The van der Waals surface area contributed by atoms with E-state index in [4.69, 9.17) is 36.2 Å². The predicted molar refractivity (Wildman–Crippen MR) is 318 cm³/mol. The van der Waals surface area contributed by atoms with Gasteiger partial charge in [-0.3, -0.25) is 4.79 Å². The molecule has 0 radical (unpaired) electrons. The van der Waals surface area contributed by atoms with Crippen LogP contribution in [0.4, 0.5) is 0 Å². The summed E-state index contributed by atoms with van der Waals surface area (Å²) in [6, 6.07) is 16.2. The van der Waals surface area contributed by atoms with Gasteiger partial charge in [0.1, 0.15) is 5.78 Å². The number of imidazole rings is 2. The third kappa shape index (κ3) is 21.8. The molecule has 1 amide bonds. The van der Waals surface area contributed by atoms with Crippen molar-refractivity contribution in [3.05, 3.63) is 83.7 Å². The first kappa shape index (κ1) is 65.9. The molecular weight excluding hydrogens is 1010 g/mol. The number of likely N-dealkylation sites (tertiary alicyclic amines) is 1. The van der Waals surface area contributed by atoms with Crippen LogP contribution in [0.15, 0.2) is 70.9 Å². The first-order valence-electron chi connectivity index (χ1n) is 26.6. The Labute approximate surface area is 463 Å². The van der Waals surface area contributed by atoms with Gasteiger partial charge in [0.15, 0.2) is 16.6 Å². The van der Waals surface area contributed by atoms with Crippen LogP contribution in [0.3, 0.4) is 0 Å². The van der Waals surface area contributed by atoms with Crippen LogP contribution < -0.4 is 16.4 Å². The zero-order valence-corrected chi connectivity index (χ0v) is 51.2. The number of carbonyl (C=O) groups excluding carboxylic acids is 2. The molecule has 2 saturated heterocycles. The Hall–Kier alpha value is -4.41. The Kier molecular flexibility index (Phi) is 27.1. The Morgan fingerprint density at radius 2 is 1.14 bits per heavy atom. The number of ketones is 1. The van der Waals surface area contributed by atoms with Gasteiger partial charge in [-0.15, -0.1) is 11.6 Å². The van der Waals surface area contributed by atoms with Crippen molar-refractivity contribution in [3.8, 4) is 22.5 Å². The minimum atomic E-state index is -1.91. The predicted octanol–water partition coefficient (Wildman–Crippen LogP) is 8.89. The molecule has 6 rings (SSSR count). The second kappa shape index (κ2) is 31.3. The zero-order valence-electron chi connectivity index (χ0n) is 48.4. The van der Waals surface area contributed by atoms with E-state index in [9.17, 15) is 19.0 Å². The van der Waals surface area contributed by atoms with Gasteiger partial charge in [0, 0.05) is 0 Å². The van der Waals surface area contributed by atoms with Crippen molar-refractivity contribution in [2.45, 2.75) is 149 Å². The van der Waals surface area contributed by atoms with Crippen LogP contribution in [0.1, 0.15) is 110 Å². The van der Waals surface area contributed by atoms with E-state index < -0.39 is 16.6 Å². The number of alkyl halides is 1. The summed E-state index contributed by atoms with van der Waals surface area (Å²) in [7, 11) is 1.59. The molecule has 2 aromatic heterocycles. The van der Waals surface area contributed by atoms with Crippen LogP contribution in [0.25, 0.3) is 22.5 Å². The van der Waals surface area contributed by atoms with Crippen LogP contribution in [0.5, 0.6) is 0 Å². The van der Waals surface area contributed by atoms with Crippen molar-refractivity contribution < 1.29 is 27.9 Å². The molecule has 0 saturated carbocycles. The Bertz CT molecular complexity index is 2480. The third-order valence-corrected chi connectivity index (χ3v) is 23.8. The van der Waals surface area contributed by atoms with Gasteiger partial charge >= 0.3 is 288 Å². The average molecular weight is 1100 g/mol. The monoisotopic (exact) mass is 1100 g/mol. The fourth-order valence-electron chi connectivity index (χ4n) is 7.40. The number of hydrogen-bond acceptors (Lipinski definition) is 13. The maximum absolute atomic E-state index is 12.2. The Morgan fingerprint density at radius 3 is 1.46 bits per heavy atom. The number of nitrogens with zero attached hydrogens (tertiary/aromatic N) is 7. The number of Topliss-reactive ketones (excluding diaryl/α,β-unsaturated/α-hetero) is 1. The molecule has 2 aliphatic heterocycles. The van der Waals surface area contributed by atoms with Gasteiger partial charge in [-0.25, -0.2) is 0 Å². The fourth-order valence-corrected chi connectivity index (χ4v) is 10.1. The minimum absolute atomic E-state index is 0.000862. The van der Waals surface area contributed by atoms with E-state index in [1.165, 1.54) is 38.7 Å². The van der Waals surface area contributed by atoms with Crippen LogP contribution in [-0.4, -0.2) is 143 Å². The molecule has 0 aliphatic carbocycles. The number of amides is 1. The van der Waals surface area contributed by atoms with Crippen molar-refractivity contribution >= 4 is 66.5 Å². The normalized spacial score (nSPS) is 15.5. The summed E-state index contributed by atoms with van der Waals surface area (Å²) in [5.74, 6) is 2.01. The van der Waals surface area contributed by atoms with Gasteiger partial charge in [-0.2, -0.15) is 0 Å². The van der Waals surface area contributed by atoms with Gasteiger partial charge in [0.25, 0.3) is 0 Å². The number of aliphatic imine (C=N–C) groups is 2. The second-order valence-electron chi connectivity index (χ2n) is 22.8. The molecule has 4 atom stereocenters. The van der Waals surface area contributed by atoms with E-state index in [-0.39, 0.29) is 51.9 Å². The summed E-state index contributed by atoms with van der Waals surface area (Å²) in [6.07, 6.45) is 10.3. The van der Waals surface area contributed by atoms with Crippen LogP contribution in [0.2, 0.25) is 36.3 Å². The summed E-state index contributed by atoms with van der Waals surface area (Å²) in [6.45, 7) is 33.8. The summed E-state index contributed by atoms with van der Waals surface area (Å²) >= 11 is 4.99. The van der Waals surface area contributed by atoms with Gasteiger partial charge in [0.05, 0.1) is 5.88 Å². The molecule has 2 fully saturated rings. The number of hydrogen-bond donors (Lipinski definition) is 3. The van der Waals surface area contributed by atoms with E-state index >= 15 is 0 Å². The molecule has 16 nitrogen and oxygen atoms in total. The SMILES string of the molecule is C1CNC1.CC(=O)CCl.CC(O[Si](C)(C)C(C)(C)C)c1nc(-c2ccc(CC(CN)N=CB=O)cc2)cn1C.CC(O[Si](C)(C)C(C)(C)C)c1nc(-c2ccc(CC(CNC(=O)CN3CCC3)N=CB=O)cc2)cn1C. The number of halogens is 1. The number of nitrogens with two attached hydrogens (primary N) is 1. The van der Waals surface area contributed by atoms with Gasteiger partial charge in [0.2, 0.25) is 0 Å². The standard InChI is InChI=1S/C27H42BN5O3Si.C22H35BN4O2Si.C3H5ClO.C3H7N/c1-20(36-37(6,7)27(2,3)4)26-31-24(17-32(26)5)22-11-9-21(10-12-22)15-23(30-19-28-35)16-29-25(34)18-33-13-8-14-33;1-16(29-30(6,7)22(2,3)4)21-26-20(14-27(21)5)18-10-8-17(9-11-18)12-19(13-24)25-15-23-28;1-3(5)2-4;1-2-4-3-1/h9-12,17,19-20,23H,8,13-16,18H2,1-7H3,(H,29,34);8-11,14-16,19H,12-13,24H2,1-7H3;2H2,1H3;4H,1-3H2. The maximum atomic E-state index is 12.2. The number of nitrogens with one attached hydrogen (secondary N) is 2. The van der Waals surface area contributed by atoms with E-state index in [1.54, 1.807) is 0 Å². The van der Waals surface area contributed by atoms with Crippen molar-refractivity contribution in [2.24, 2.45) is 29.8 Å². The fraction of sp³-hybridized carbons (Fsp3) is 0.600. The Morgan fingerprint density at radius 1 is 0.763 bits per heavy atom. The van der Waals surface area contributed by atoms with Crippen molar-refractivity contribution in [1.82, 2.24) is 34.6 Å². The Balaban J connectivity index is 0.000000348. The first-order chi connectivity index (χ1) is 35.6. The topological polar surface area (TPSA) is 200 Å². The van der Waals surface area contributed by atoms with E-state index in [2.05, 4.69) is 160 Å². The molecule has 4 N–H and O–H groups in total. The van der Waals surface area contributed by atoms with E-state index in [1.807, 2.05) is 31.1 Å². The summed E-state index contributed by atoms with van der Waals surface area (Å²) < 4.78 is 38.5. The van der Waals surface area contributed by atoms with Crippen molar-refractivity contribution in [1.29, 1.82) is 0 Å². The summed E-state index contributed by atoms with van der Waals surface area (Å²) in [5, 5.41) is 6.36. The number of rotatable bonds is 22. The van der Waals surface area contributed by atoms with Crippen LogP contribution in [-0.2, 0) is 54.8 Å². The number of carbonyl (C=O) groups is 2. The van der Waals surface area contributed by atoms with Gasteiger partial charge in [-0.05, 0) is 76.5 Å². The van der Waals surface area contributed by atoms with Gasteiger partial charge < -0.3 is 14.2 Å². The number of aryl methyl sites for hydroxylation is 2. The number of benzene rings is 2. The summed E-state index contributed by atoms with van der Waals surface area (Å²) in [4.78, 5) is 42.3. The quantitative estimate of drug-likeness (QED) is 0.0386. The molecule has 4 unspecified atom stereocenters. The van der Waals surface area contributed by atoms with Crippen molar-refractivity contribution in [3.63, 3.8) is 0 Å². The van der Waals surface area contributed by atoms with E-state index in [0.717, 1.165) is 64.8 Å².